The summed E-state index contributed by atoms with van der Waals surface area (Å²) in [5.74, 6) is -0.751. The first kappa shape index (κ1) is 21.9. The number of nitrogens with zero attached hydrogens (tertiary/aromatic N) is 1. The number of thiazole rings is 1. The minimum Gasteiger partial charge on any atom is -0.469 e. The molecule has 1 heterocycles. The zero-order valence-electron chi connectivity index (χ0n) is 16.0. The number of aromatic nitrogens is 1. The van der Waals surface area contributed by atoms with Crippen molar-refractivity contribution in [1.29, 1.82) is 0 Å². The third-order valence-electron chi connectivity index (χ3n) is 3.33. The van der Waals surface area contributed by atoms with Crippen LogP contribution in [0.2, 0.25) is 0 Å². The van der Waals surface area contributed by atoms with Gasteiger partial charge >= 0.3 is 12.1 Å². The molecule has 0 saturated heterocycles. The van der Waals surface area contributed by atoms with Crippen LogP contribution in [0.5, 0.6) is 0 Å². The van der Waals surface area contributed by atoms with Crippen molar-refractivity contribution in [2.24, 2.45) is 0 Å². The highest BCUT2D eigenvalue weighted by molar-refractivity contribution is 7.09. The minimum atomic E-state index is -0.591. The Hall–Kier alpha value is -2.16. The molecule has 0 fully saturated rings. The molecule has 1 aromatic heterocycles. The number of ether oxygens (including phenoxy) is 2. The SMILES string of the molecule is CC[C@@H](CC(=O)OC)NC(=O)c1csc([C@H](C)NC(=O)OC(C)(C)C)n1. The molecular formula is C17H27N3O5S. The van der Waals surface area contributed by atoms with Crippen LogP contribution >= 0.6 is 11.3 Å². The number of hydrogen-bond acceptors (Lipinski definition) is 7. The quantitative estimate of drug-likeness (QED) is 0.699. The van der Waals surface area contributed by atoms with E-state index in [-0.39, 0.29) is 30.0 Å². The summed E-state index contributed by atoms with van der Waals surface area (Å²) in [7, 11) is 1.31. The van der Waals surface area contributed by atoms with Crippen molar-refractivity contribution in [2.75, 3.05) is 7.11 Å². The molecule has 2 atom stereocenters. The van der Waals surface area contributed by atoms with Gasteiger partial charge in [0.25, 0.3) is 5.91 Å². The number of carbonyl (C=O) groups excluding carboxylic acids is 3. The lowest BCUT2D eigenvalue weighted by atomic mass is 10.1. The fourth-order valence-corrected chi connectivity index (χ4v) is 2.78. The second kappa shape index (κ2) is 9.51. The maximum atomic E-state index is 12.3. The van der Waals surface area contributed by atoms with Gasteiger partial charge in [0.15, 0.2) is 0 Å². The van der Waals surface area contributed by atoms with Gasteiger partial charge in [-0.15, -0.1) is 11.3 Å². The van der Waals surface area contributed by atoms with Crippen LogP contribution in [0, 0.1) is 0 Å². The Labute approximate surface area is 157 Å². The molecule has 1 rings (SSSR count). The fraction of sp³-hybridized carbons (Fsp3) is 0.647. The molecule has 9 heteroatoms. The zero-order valence-corrected chi connectivity index (χ0v) is 16.9. The maximum Gasteiger partial charge on any atom is 0.408 e. The Morgan fingerprint density at radius 3 is 2.46 bits per heavy atom. The predicted octanol–water partition coefficient (Wildman–Crippen LogP) is 2.80. The van der Waals surface area contributed by atoms with Gasteiger partial charge in [0.05, 0.1) is 19.6 Å². The van der Waals surface area contributed by atoms with Gasteiger partial charge in [-0.2, -0.15) is 0 Å². The first-order valence-electron chi connectivity index (χ1n) is 8.38. The molecule has 0 aliphatic carbocycles. The van der Waals surface area contributed by atoms with Gasteiger partial charge in [0.1, 0.15) is 16.3 Å². The van der Waals surface area contributed by atoms with Crippen molar-refractivity contribution in [3.63, 3.8) is 0 Å². The molecule has 0 saturated carbocycles. The highest BCUT2D eigenvalue weighted by Crippen LogP contribution is 2.19. The molecule has 2 N–H and O–H groups in total. The number of carbonyl (C=O) groups is 3. The predicted molar refractivity (Wildman–Crippen MR) is 98.1 cm³/mol. The number of alkyl carbamates (subject to hydrolysis) is 1. The summed E-state index contributed by atoms with van der Waals surface area (Å²) in [6.07, 6.45) is 0.149. The standard InChI is InChI=1S/C17H27N3O5S/c1-7-11(8-13(21)24-6)19-14(22)12-9-26-15(20-12)10(2)18-16(23)25-17(3,4)5/h9-11H,7-8H2,1-6H3,(H,18,23)(H,19,22)/t10-,11-/m0/s1. The lowest BCUT2D eigenvalue weighted by Gasteiger charge is -2.21. The number of amides is 2. The van der Waals surface area contributed by atoms with Gasteiger partial charge in [0, 0.05) is 11.4 Å². The molecule has 1 aromatic rings. The Morgan fingerprint density at radius 1 is 1.27 bits per heavy atom. The van der Waals surface area contributed by atoms with Crippen molar-refractivity contribution in [2.45, 2.75) is 65.1 Å². The molecule has 146 valence electrons. The molecule has 8 nitrogen and oxygen atoms in total. The summed E-state index contributed by atoms with van der Waals surface area (Å²) in [5.41, 5.74) is -0.349. The number of rotatable bonds is 7. The van der Waals surface area contributed by atoms with Gasteiger partial charge in [-0.25, -0.2) is 9.78 Å². The van der Waals surface area contributed by atoms with Crippen molar-refractivity contribution in [3.05, 3.63) is 16.1 Å². The number of nitrogens with one attached hydrogen (secondary N) is 2. The summed E-state index contributed by atoms with van der Waals surface area (Å²) in [4.78, 5) is 39.7. The molecule has 0 aliphatic heterocycles. The van der Waals surface area contributed by atoms with Crippen molar-refractivity contribution in [3.8, 4) is 0 Å². The molecule has 26 heavy (non-hydrogen) atoms. The Kier molecular flexibility index (Phi) is 8.01. The third kappa shape index (κ3) is 7.38. The van der Waals surface area contributed by atoms with Crippen LogP contribution in [-0.4, -0.2) is 41.7 Å². The Morgan fingerprint density at radius 2 is 1.92 bits per heavy atom. The summed E-state index contributed by atoms with van der Waals surface area (Å²) in [6.45, 7) is 8.97. The molecule has 0 aliphatic rings. The Bertz CT molecular complexity index is 639. The van der Waals surface area contributed by atoms with Crippen molar-refractivity contribution >= 4 is 29.3 Å². The van der Waals surface area contributed by atoms with E-state index in [2.05, 4.69) is 20.4 Å². The van der Waals surface area contributed by atoms with Crippen LogP contribution in [0.25, 0.3) is 0 Å². The maximum absolute atomic E-state index is 12.3. The fourth-order valence-electron chi connectivity index (χ4n) is 1.98. The highest BCUT2D eigenvalue weighted by Gasteiger charge is 2.22. The monoisotopic (exact) mass is 385 g/mol. The van der Waals surface area contributed by atoms with Gasteiger partial charge in [0.2, 0.25) is 0 Å². The van der Waals surface area contributed by atoms with E-state index in [0.717, 1.165) is 0 Å². The average Bonchev–Trinajstić information content (AvgIpc) is 3.02. The Balaban J connectivity index is 2.66. The van der Waals surface area contributed by atoms with Crippen molar-refractivity contribution in [1.82, 2.24) is 15.6 Å². The molecule has 0 radical (unpaired) electrons. The summed E-state index contributed by atoms with van der Waals surface area (Å²) < 4.78 is 9.82. The highest BCUT2D eigenvalue weighted by atomic mass is 32.1. The van der Waals surface area contributed by atoms with Gasteiger partial charge in [-0.1, -0.05) is 6.92 Å². The second-order valence-electron chi connectivity index (χ2n) is 6.80. The normalized spacial score (nSPS) is 13.5. The summed E-state index contributed by atoms with van der Waals surface area (Å²) >= 11 is 1.27. The second-order valence-corrected chi connectivity index (χ2v) is 7.69. The van der Waals surface area contributed by atoms with Crippen LogP contribution in [0.4, 0.5) is 4.79 Å². The van der Waals surface area contributed by atoms with Gasteiger partial charge < -0.3 is 20.1 Å². The lowest BCUT2D eigenvalue weighted by Crippen LogP contribution is -2.36. The third-order valence-corrected chi connectivity index (χ3v) is 4.35. The van der Waals surface area contributed by atoms with Crippen LogP contribution in [0.1, 0.15) is 69.0 Å². The van der Waals surface area contributed by atoms with Crippen LogP contribution in [0.3, 0.4) is 0 Å². The van der Waals surface area contributed by atoms with Crippen LogP contribution < -0.4 is 10.6 Å². The van der Waals surface area contributed by atoms with Crippen LogP contribution in [0.15, 0.2) is 5.38 Å². The minimum absolute atomic E-state index is 0.104. The van der Waals surface area contributed by atoms with E-state index in [4.69, 9.17) is 4.74 Å². The largest absolute Gasteiger partial charge is 0.469 e. The molecule has 2 amide bonds. The number of esters is 1. The zero-order chi connectivity index (χ0) is 19.9. The number of hydrogen-bond donors (Lipinski definition) is 2. The van der Waals surface area contributed by atoms with E-state index in [0.29, 0.717) is 11.4 Å². The summed E-state index contributed by atoms with van der Waals surface area (Å²) in [6, 6.07) is -0.717. The first-order chi connectivity index (χ1) is 12.1. The van der Waals surface area contributed by atoms with Gasteiger partial charge in [-0.05, 0) is 34.1 Å². The smallest absolute Gasteiger partial charge is 0.408 e. The molecule has 0 spiro atoms. The first-order valence-corrected chi connectivity index (χ1v) is 9.26. The average molecular weight is 385 g/mol. The van der Waals surface area contributed by atoms with Crippen LogP contribution in [-0.2, 0) is 14.3 Å². The van der Waals surface area contributed by atoms with E-state index in [1.165, 1.54) is 18.4 Å². The topological polar surface area (TPSA) is 107 Å². The lowest BCUT2D eigenvalue weighted by molar-refractivity contribution is -0.141. The van der Waals surface area contributed by atoms with Crippen molar-refractivity contribution < 1.29 is 23.9 Å². The van der Waals surface area contributed by atoms with E-state index in [1.54, 1.807) is 33.1 Å². The van der Waals surface area contributed by atoms with E-state index in [9.17, 15) is 14.4 Å². The number of methoxy groups -OCH3 is 1. The molecule has 0 aromatic carbocycles. The van der Waals surface area contributed by atoms with E-state index < -0.39 is 17.7 Å². The van der Waals surface area contributed by atoms with E-state index >= 15 is 0 Å². The molecule has 0 bridgehead atoms. The molecular weight excluding hydrogens is 358 g/mol. The van der Waals surface area contributed by atoms with E-state index in [1.807, 2.05) is 6.92 Å². The summed E-state index contributed by atoms with van der Waals surface area (Å²) in [5, 5.41) is 7.65. The van der Waals surface area contributed by atoms with Gasteiger partial charge in [-0.3, -0.25) is 9.59 Å². The molecule has 0 unspecified atom stereocenters.